The predicted octanol–water partition coefficient (Wildman–Crippen LogP) is 1.82. The molecule has 1 N–H and O–H groups in total. The summed E-state index contributed by atoms with van der Waals surface area (Å²) in [5.41, 5.74) is 0.163. The van der Waals surface area contributed by atoms with Gasteiger partial charge < -0.3 is 0 Å². The molecule has 0 radical (unpaired) electrons. The summed E-state index contributed by atoms with van der Waals surface area (Å²) in [5, 5.41) is 3.03. The first kappa shape index (κ1) is 7.17. The number of hydrogen-bond acceptors (Lipinski definition) is 1. The van der Waals surface area contributed by atoms with E-state index in [1.54, 1.807) is 0 Å². The van der Waals surface area contributed by atoms with Gasteiger partial charge in [0.2, 0.25) is 0 Å². The van der Waals surface area contributed by atoms with E-state index < -0.39 is 0 Å². The van der Waals surface area contributed by atoms with Gasteiger partial charge in [-0.3, -0.25) is 0 Å². The van der Waals surface area contributed by atoms with Crippen LogP contribution in [0.2, 0.25) is 0 Å². The predicted molar refractivity (Wildman–Crippen MR) is 34.8 cm³/mol. The Hall–Kier alpha value is 0.170. The summed E-state index contributed by atoms with van der Waals surface area (Å²) >= 11 is 0. The fraction of sp³-hybridized carbons (Fsp3) is 0.800. The monoisotopic (exact) mass is 116 g/mol. The molecule has 0 atom stereocenters. The van der Waals surface area contributed by atoms with Crippen molar-refractivity contribution in [3.63, 3.8) is 0 Å². The van der Waals surface area contributed by atoms with Gasteiger partial charge in [0, 0.05) is 0 Å². The maximum absolute atomic E-state index is 5.18. The molecule has 0 heterocycles. The zero-order valence-electron chi connectivity index (χ0n) is 5.02. The van der Waals surface area contributed by atoms with Crippen molar-refractivity contribution >= 4 is 8.19 Å². The number of rotatable bonds is 0. The third-order valence-electron chi connectivity index (χ3n) is 0.400. The van der Waals surface area contributed by atoms with Crippen LogP contribution in [0.1, 0.15) is 20.8 Å². The summed E-state index contributed by atoms with van der Waals surface area (Å²) in [5.74, 6) is 0. The van der Waals surface area contributed by atoms with Crippen LogP contribution in [0, 0.1) is 6.13 Å². The van der Waals surface area contributed by atoms with Crippen molar-refractivity contribution < 1.29 is 0 Å². The molecule has 40 valence electrons. The van der Waals surface area contributed by atoms with Crippen LogP contribution >= 0.6 is 8.19 Å². The Bertz CT molecular complexity index is 85.2. The second-order valence-electron chi connectivity index (χ2n) is 2.49. The van der Waals surface area contributed by atoms with Crippen molar-refractivity contribution in [3.05, 3.63) is 0 Å². The molecule has 0 aromatic rings. The molecule has 0 saturated carbocycles. The Morgan fingerprint density at radius 1 is 1.43 bits per heavy atom. The number of hydrogen-bond donors (Lipinski definition) is 1. The summed E-state index contributed by atoms with van der Waals surface area (Å²) in [7, 11) is 0.759. The van der Waals surface area contributed by atoms with Crippen molar-refractivity contribution in [2.24, 2.45) is 0 Å². The van der Waals surface area contributed by atoms with E-state index in [-0.39, 0.29) is 5.54 Å². The Labute approximate surface area is 46.6 Å². The minimum absolute atomic E-state index is 0.163. The molecule has 0 amide bonds. The molecule has 0 bridgehead atoms. The normalized spacial score (nSPS) is 11.1. The average molecular weight is 116 g/mol. The van der Waals surface area contributed by atoms with E-state index in [9.17, 15) is 0 Å². The molecule has 0 aliphatic rings. The van der Waals surface area contributed by atoms with E-state index in [0.717, 1.165) is 8.19 Å². The second kappa shape index (κ2) is 2.47. The van der Waals surface area contributed by atoms with Gasteiger partial charge in [0.25, 0.3) is 0 Å². The van der Waals surface area contributed by atoms with Gasteiger partial charge in [-0.25, -0.2) is 0 Å². The fourth-order valence-electron chi connectivity index (χ4n) is 0.194. The van der Waals surface area contributed by atoms with Crippen LogP contribution < -0.4 is 5.09 Å². The molecule has 1 nitrogen and oxygen atoms in total. The van der Waals surface area contributed by atoms with Crippen LogP contribution in [0.15, 0.2) is 0 Å². The Kier molecular flexibility index (Phi) is 2.53. The standard InChI is InChI=1S/C5H11NP/c1-5(2,3)6-7-4/h4,6H,1-3H3/q+1. The molecule has 0 fully saturated rings. The Balaban J connectivity index is 3.40. The molecule has 0 aromatic carbocycles. The van der Waals surface area contributed by atoms with Crippen molar-refractivity contribution in [1.29, 1.82) is 0 Å². The van der Waals surface area contributed by atoms with Crippen LogP contribution in [0.3, 0.4) is 0 Å². The quantitative estimate of drug-likeness (QED) is 0.476. The van der Waals surface area contributed by atoms with E-state index in [4.69, 9.17) is 6.13 Å². The van der Waals surface area contributed by atoms with Gasteiger partial charge in [-0.2, -0.15) is 0 Å². The van der Waals surface area contributed by atoms with Crippen LogP contribution in [0.25, 0.3) is 0 Å². The molecule has 0 rings (SSSR count). The first-order valence-corrected chi connectivity index (χ1v) is 3.20. The minimum atomic E-state index is 0.163. The summed E-state index contributed by atoms with van der Waals surface area (Å²) in [6, 6.07) is 0. The Morgan fingerprint density at radius 2 is 1.86 bits per heavy atom. The van der Waals surface area contributed by atoms with Gasteiger partial charge in [0.15, 0.2) is 0 Å². The molecule has 0 aliphatic heterocycles. The van der Waals surface area contributed by atoms with Gasteiger partial charge in [0.05, 0.1) is 0 Å². The summed E-state index contributed by atoms with van der Waals surface area (Å²) in [6.07, 6.45) is 5.18. The van der Waals surface area contributed by atoms with Crippen molar-refractivity contribution in [3.8, 4) is 6.13 Å². The first-order valence-electron chi connectivity index (χ1n) is 2.23. The molecular weight excluding hydrogens is 105 g/mol. The van der Waals surface area contributed by atoms with Crippen molar-refractivity contribution in [1.82, 2.24) is 5.09 Å². The topological polar surface area (TPSA) is 12.0 Å². The van der Waals surface area contributed by atoms with Gasteiger partial charge in [-0.1, -0.05) is 0 Å². The van der Waals surface area contributed by atoms with Crippen LogP contribution in [0.4, 0.5) is 0 Å². The molecule has 0 unspecified atom stereocenters. The molecule has 0 aromatic heterocycles. The Morgan fingerprint density at radius 3 is 1.86 bits per heavy atom. The van der Waals surface area contributed by atoms with Gasteiger partial charge in [-0.15, -0.1) is 0 Å². The second-order valence-corrected chi connectivity index (χ2v) is 2.97. The first-order chi connectivity index (χ1) is 3.06. The fourth-order valence-corrected chi connectivity index (χ4v) is 0.581. The molecule has 7 heavy (non-hydrogen) atoms. The van der Waals surface area contributed by atoms with Gasteiger partial charge in [-0.05, 0) is 0 Å². The molecule has 0 spiro atoms. The van der Waals surface area contributed by atoms with Crippen molar-refractivity contribution in [2.75, 3.05) is 0 Å². The third kappa shape index (κ3) is 6.17. The van der Waals surface area contributed by atoms with Gasteiger partial charge in [0.1, 0.15) is 0 Å². The van der Waals surface area contributed by atoms with Gasteiger partial charge >= 0.3 is 45.7 Å². The van der Waals surface area contributed by atoms with Crippen LogP contribution in [-0.2, 0) is 0 Å². The third-order valence-corrected chi connectivity index (χ3v) is 1.20. The molecule has 0 saturated heterocycles. The molecular formula is C5H11NP+. The van der Waals surface area contributed by atoms with E-state index in [1.165, 1.54) is 0 Å². The summed E-state index contributed by atoms with van der Waals surface area (Å²) < 4.78 is 0. The van der Waals surface area contributed by atoms with E-state index >= 15 is 0 Å². The number of nitrogens with one attached hydrogen (secondary N) is 1. The molecule has 2 heteroatoms. The molecule has 0 aliphatic carbocycles. The summed E-state index contributed by atoms with van der Waals surface area (Å²) in [6.45, 7) is 6.23. The average Bonchev–Trinajstić information content (AvgIpc) is 1.30. The summed E-state index contributed by atoms with van der Waals surface area (Å²) in [4.78, 5) is 0. The SMILES string of the molecule is C#[P+]NC(C)(C)C. The van der Waals surface area contributed by atoms with Crippen LogP contribution in [0.5, 0.6) is 0 Å². The van der Waals surface area contributed by atoms with Crippen LogP contribution in [-0.4, -0.2) is 5.54 Å². The van der Waals surface area contributed by atoms with Crippen molar-refractivity contribution in [2.45, 2.75) is 26.3 Å². The van der Waals surface area contributed by atoms with E-state index in [1.807, 2.05) is 0 Å². The van der Waals surface area contributed by atoms with E-state index in [2.05, 4.69) is 25.9 Å². The maximum atomic E-state index is 5.18. The van der Waals surface area contributed by atoms with E-state index in [0.29, 0.717) is 0 Å². The zero-order chi connectivity index (χ0) is 5.91. The zero-order valence-corrected chi connectivity index (χ0v) is 5.92.